The molecular formula is C14H19NO3. The predicted molar refractivity (Wildman–Crippen MR) is 68.8 cm³/mol. The van der Waals surface area contributed by atoms with E-state index in [4.69, 9.17) is 9.84 Å². The highest BCUT2D eigenvalue weighted by atomic mass is 16.5. The maximum Gasteiger partial charge on any atom is 0.320 e. The Morgan fingerprint density at radius 1 is 1.44 bits per heavy atom. The second kappa shape index (κ2) is 5.87. The fourth-order valence-electron chi connectivity index (χ4n) is 1.90. The Morgan fingerprint density at radius 3 is 2.67 bits per heavy atom. The van der Waals surface area contributed by atoms with Crippen LogP contribution in [-0.2, 0) is 4.79 Å². The summed E-state index contributed by atoms with van der Waals surface area (Å²) in [4.78, 5) is 11.0. The first-order valence-electron chi connectivity index (χ1n) is 6.32. The van der Waals surface area contributed by atoms with E-state index in [1.54, 1.807) is 0 Å². The summed E-state index contributed by atoms with van der Waals surface area (Å²) < 4.78 is 5.54. The third-order valence-electron chi connectivity index (χ3n) is 3.12. The van der Waals surface area contributed by atoms with Gasteiger partial charge < -0.3 is 15.2 Å². The number of hydrogen-bond acceptors (Lipinski definition) is 3. The summed E-state index contributed by atoms with van der Waals surface area (Å²) >= 11 is 0. The van der Waals surface area contributed by atoms with Gasteiger partial charge in [0.25, 0.3) is 0 Å². The van der Waals surface area contributed by atoms with E-state index in [-0.39, 0.29) is 0 Å². The third kappa shape index (κ3) is 3.74. The number of aryl methyl sites for hydroxylation is 1. The van der Waals surface area contributed by atoms with Crippen molar-refractivity contribution >= 4 is 5.97 Å². The topological polar surface area (TPSA) is 58.6 Å². The van der Waals surface area contributed by atoms with E-state index in [9.17, 15) is 4.79 Å². The maximum atomic E-state index is 11.0. The van der Waals surface area contributed by atoms with Gasteiger partial charge >= 0.3 is 5.97 Å². The van der Waals surface area contributed by atoms with Crippen molar-refractivity contribution in [3.63, 3.8) is 0 Å². The van der Waals surface area contributed by atoms with Crippen molar-refractivity contribution in [2.75, 3.05) is 13.2 Å². The molecule has 0 heterocycles. The van der Waals surface area contributed by atoms with Crippen molar-refractivity contribution in [3.05, 3.63) is 29.8 Å². The van der Waals surface area contributed by atoms with Crippen molar-refractivity contribution in [1.82, 2.24) is 5.32 Å². The second-order valence-corrected chi connectivity index (χ2v) is 4.77. The molecule has 1 atom stereocenters. The SMILES string of the molecule is Cc1ccc(OCCNC(C(=O)O)C2CC2)cc1. The van der Waals surface area contributed by atoms with Gasteiger partial charge in [-0.2, -0.15) is 0 Å². The Balaban J connectivity index is 1.68. The number of carboxylic acid groups (broad SMARTS) is 1. The molecule has 0 saturated heterocycles. The van der Waals surface area contributed by atoms with Crippen molar-refractivity contribution in [1.29, 1.82) is 0 Å². The van der Waals surface area contributed by atoms with Gasteiger partial charge in [-0.25, -0.2) is 0 Å². The number of carbonyl (C=O) groups is 1. The largest absolute Gasteiger partial charge is 0.492 e. The summed E-state index contributed by atoms with van der Waals surface area (Å²) in [6, 6.07) is 7.42. The maximum absolute atomic E-state index is 11.0. The van der Waals surface area contributed by atoms with Gasteiger partial charge in [-0.05, 0) is 37.8 Å². The lowest BCUT2D eigenvalue weighted by atomic mass is 10.2. The van der Waals surface area contributed by atoms with E-state index in [0.717, 1.165) is 18.6 Å². The van der Waals surface area contributed by atoms with Crippen molar-refractivity contribution in [3.8, 4) is 5.75 Å². The van der Waals surface area contributed by atoms with Crippen molar-refractivity contribution in [2.24, 2.45) is 5.92 Å². The lowest BCUT2D eigenvalue weighted by Crippen LogP contribution is -2.40. The fraction of sp³-hybridized carbons (Fsp3) is 0.500. The van der Waals surface area contributed by atoms with Crippen LogP contribution < -0.4 is 10.1 Å². The zero-order valence-electron chi connectivity index (χ0n) is 10.6. The summed E-state index contributed by atoms with van der Waals surface area (Å²) in [6.45, 7) is 3.07. The number of rotatable bonds is 7. The molecule has 98 valence electrons. The molecule has 0 spiro atoms. The zero-order valence-corrected chi connectivity index (χ0v) is 10.6. The molecule has 0 amide bonds. The zero-order chi connectivity index (χ0) is 13.0. The Bertz CT molecular complexity index is 398. The van der Waals surface area contributed by atoms with E-state index in [0.29, 0.717) is 19.1 Å². The monoisotopic (exact) mass is 249 g/mol. The van der Waals surface area contributed by atoms with E-state index in [1.807, 2.05) is 31.2 Å². The molecule has 0 aliphatic heterocycles. The van der Waals surface area contributed by atoms with Gasteiger partial charge in [0.15, 0.2) is 0 Å². The standard InChI is InChI=1S/C14H19NO3/c1-10-2-6-12(7-3-10)18-9-8-15-13(14(16)17)11-4-5-11/h2-3,6-7,11,13,15H,4-5,8-9H2,1H3,(H,16,17). The minimum Gasteiger partial charge on any atom is -0.492 e. The van der Waals surface area contributed by atoms with Crippen LogP contribution in [0.5, 0.6) is 5.75 Å². The van der Waals surface area contributed by atoms with Crippen LogP contribution in [0.15, 0.2) is 24.3 Å². The summed E-state index contributed by atoms with van der Waals surface area (Å²) in [6.07, 6.45) is 2.03. The summed E-state index contributed by atoms with van der Waals surface area (Å²) in [5.41, 5.74) is 1.19. The molecule has 1 unspecified atom stereocenters. The highest BCUT2D eigenvalue weighted by Gasteiger charge is 2.35. The average molecular weight is 249 g/mol. The van der Waals surface area contributed by atoms with E-state index in [1.165, 1.54) is 5.56 Å². The number of carboxylic acids is 1. The lowest BCUT2D eigenvalue weighted by Gasteiger charge is -2.13. The number of ether oxygens (including phenoxy) is 1. The van der Waals surface area contributed by atoms with Crippen molar-refractivity contribution < 1.29 is 14.6 Å². The van der Waals surface area contributed by atoms with Crippen LogP contribution in [0, 0.1) is 12.8 Å². The molecule has 2 N–H and O–H groups in total. The average Bonchev–Trinajstić information content (AvgIpc) is 3.15. The van der Waals surface area contributed by atoms with Crippen LogP contribution >= 0.6 is 0 Å². The normalized spacial score (nSPS) is 16.3. The number of benzene rings is 1. The molecule has 0 aromatic heterocycles. The Labute approximate surface area is 107 Å². The molecule has 1 aliphatic rings. The summed E-state index contributed by atoms with van der Waals surface area (Å²) in [7, 11) is 0. The van der Waals surface area contributed by atoms with Crippen LogP contribution in [0.25, 0.3) is 0 Å². The molecule has 1 fully saturated rings. The van der Waals surface area contributed by atoms with Gasteiger partial charge in [-0.15, -0.1) is 0 Å². The predicted octanol–water partition coefficient (Wildman–Crippen LogP) is 1.83. The lowest BCUT2D eigenvalue weighted by molar-refractivity contribution is -0.140. The number of nitrogens with one attached hydrogen (secondary N) is 1. The first-order valence-corrected chi connectivity index (χ1v) is 6.32. The smallest absolute Gasteiger partial charge is 0.320 e. The molecule has 0 radical (unpaired) electrons. The molecule has 0 bridgehead atoms. The molecule has 1 aromatic carbocycles. The minimum atomic E-state index is -0.757. The Morgan fingerprint density at radius 2 is 2.11 bits per heavy atom. The van der Waals surface area contributed by atoms with Crippen LogP contribution in [0.1, 0.15) is 18.4 Å². The molecule has 1 saturated carbocycles. The highest BCUT2D eigenvalue weighted by molar-refractivity contribution is 5.74. The quantitative estimate of drug-likeness (QED) is 0.724. The van der Waals surface area contributed by atoms with E-state index >= 15 is 0 Å². The van der Waals surface area contributed by atoms with Gasteiger partial charge in [-0.3, -0.25) is 4.79 Å². The summed E-state index contributed by atoms with van der Waals surface area (Å²) in [5.74, 6) is 0.371. The summed E-state index contributed by atoms with van der Waals surface area (Å²) in [5, 5.41) is 12.1. The molecule has 1 aliphatic carbocycles. The van der Waals surface area contributed by atoms with E-state index < -0.39 is 12.0 Å². The van der Waals surface area contributed by atoms with Crippen LogP contribution in [0.4, 0.5) is 0 Å². The van der Waals surface area contributed by atoms with Gasteiger partial charge in [0.05, 0.1) is 0 Å². The Hall–Kier alpha value is -1.55. The second-order valence-electron chi connectivity index (χ2n) is 4.77. The fourth-order valence-corrected chi connectivity index (χ4v) is 1.90. The van der Waals surface area contributed by atoms with Crippen LogP contribution in [0.3, 0.4) is 0 Å². The molecule has 2 rings (SSSR count). The van der Waals surface area contributed by atoms with Gasteiger partial charge in [-0.1, -0.05) is 17.7 Å². The highest BCUT2D eigenvalue weighted by Crippen LogP contribution is 2.32. The minimum absolute atomic E-state index is 0.307. The Kier molecular flexibility index (Phi) is 4.20. The number of hydrogen-bond donors (Lipinski definition) is 2. The van der Waals surface area contributed by atoms with Crippen LogP contribution in [-0.4, -0.2) is 30.3 Å². The van der Waals surface area contributed by atoms with Crippen LogP contribution in [0.2, 0.25) is 0 Å². The molecule has 4 heteroatoms. The number of aliphatic carboxylic acids is 1. The van der Waals surface area contributed by atoms with Gasteiger partial charge in [0, 0.05) is 6.54 Å². The third-order valence-corrected chi connectivity index (χ3v) is 3.12. The first-order chi connectivity index (χ1) is 8.66. The van der Waals surface area contributed by atoms with E-state index in [2.05, 4.69) is 5.32 Å². The van der Waals surface area contributed by atoms with Gasteiger partial charge in [0.1, 0.15) is 18.4 Å². The molecule has 18 heavy (non-hydrogen) atoms. The van der Waals surface area contributed by atoms with Gasteiger partial charge in [0.2, 0.25) is 0 Å². The molecule has 4 nitrogen and oxygen atoms in total. The van der Waals surface area contributed by atoms with Crippen molar-refractivity contribution in [2.45, 2.75) is 25.8 Å². The molecule has 1 aromatic rings. The molecular weight excluding hydrogens is 230 g/mol. The first kappa shape index (κ1) is 12.9.